The van der Waals surface area contributed by atoms with Gasteiger partial charge in [-0.2, -0.15) is 0 Å². The van der Waals surface area contributed by atoms with Gasteiger partial charge in [-0.3, -0.25) is 9.69 Å². The van der Waals surface area contributed by atoms with Gasteiger partial charge in [-0.25, -0.2) is 0 Å². The van der Waals surface area contributed by atoms with Crippen molar-refractivity contribution < 1.29 is 4.79 Å². The average Bonchev–Trinajstić information content (AvgIpc) is 2.55. The molecule has 1 aliphatic rings. The number of anilines is 1. The van der Waals surface area contributed by atoms with Gasteiger partial charge in [0.25, 0.3) is 0 Å². The summed E-state index contributed by atoms with van der Waals surface area (Å²) in [6.07, 6.45) is 4.73. The number of benzene rings is 1. The number of carbonyl (C=O) groups excluding carboxylic acids is 1. The third kappa shape index (κ3) is 5.38. The zero-order valence-electron chi connectivity index (χ0n) is 13.1. The minimum atomic E-state index is 0.889. The fourth-order valence-corrected chi connectivity index (χ4v) is 2.77. The molecule has 0 radical (unpaired) electrons. The summed E-state index contributed by atoms with van der Waals surface area (Å²) in [4.78, 5) is 17.3. The van der Waals surface area contributed by atoms with E-state index in [2.05, 4.69) is 47.2 Å². The number of hydrogen-bond acceptors (Lipinski definition) is 3. The summed E-state index contributed by atoms with van der Waals surface area (Å²) in [6.45, 7) is 6.12. The minimum absolute atomic E-state index is 0.889. The van der Waals surface area contributed by atoms with Crippen molar-refractivity contribution in [1.29, 1.82) is 0 Å². The summed E-state index contributed by atoms with van der Waals surface area (Å²) in [5.41, 5.74) is 1.29. The topological polar surface area (TPSA) is 26.8 Å². The summed E-state index contributed by atoms with van der Waals surface area (Å²) in [7, 11) is 2.16. The van der Waals surface area contributed by atoms with Crippen LogP contribution in [0.1, 0.15) is 19.3 Å². The highest BCUT2D eigenvalue weighted by Crippen LogP contribution is 2.12. The van der Waals surface area contributed by atoms with Gasteiger partial charge in [0.15, 0.2) is 0 Å². The molecule has 0 N–H and O–H groups in total. The fraction of sp³-hybridized carbons (Fsp3) is 0.588. The van der Waals surface area contributed by atoms with E-state index in [-0.39, 0.29) is 0 Å². The highest BCUT2D eigenvalue weighted by Gasteiger charge is 2.14. The van der Waals surface area contributed by atoms with Crippen molar-refractivity contribution in [2.75, 3.05) is 51.2 Å². The molecule has 0 aromatic heterocycles. The first-order chi connectivity index (χ1) is 10.3. The lowest BCUT2D eigenvalue weighted by Crippen LogP contribution is -2.45. The quantitative estimate of drug-likeness (QED) is 0.541. The maximum Gasteiger partial charge on any atom is 0.209 e. The highest BCUT2D eigenvalue weighted by molar-refractivity contribution is 5.47. The van der Waals surface area contributed by atoms with E-state index in [0.29, 0.717) is 0 Å². The molecular weight excluding hydrogens is 262 g/mol. The summed E-state index contributed by atoms with van der Waals surface area (Å²) in [5, 5.41) is 0. The van der Waals surface area contributed by atoms with Crippen LogP contribution < -0.4 is 4.90 Å². The minimum Gasteiger partial charge on any atom is -0.375 e. The standard InChI is InChI=1S/C17H27N3O/c1-18(17-8-4-2-5-9-17)10-6-3-7-11-19-12-14-20(16-21)15-13-19/h2,4-5,8-9,16H,3,6-7,10-15H2,1H3. The van der Waals surface area contributed by atoms with E-state index in [9.17, 15) is 4.79 Å². The van der Waals surface area contributed by atoms with Gasteiger partial charge in [-0.1, -0.05) is 24.6 Å². The molecule has 2 rings (SSSR count). The second-order valence-electron chi connectivity index (χ2n) is 5.80. The molecule has 0 spiro atoms. The Labute approximate surface area is 128 Å². The first-order valence-corrected chi connectivity index (χ1v) is 7.97. The zero-order chi connectivity index (χ0) is 14.9. The number of hydrogen-bond donors (Lipinski definition) is 0. The molecule has 1 heterocycles. The molecule has 4 nitrogen and oxygen atoms in total. The highest BCUT2D eigenvalue weighted by atomic mass is 16.1. The molecule has 0 bridgehead atoms. The second kappa shape index (κ2) is 8.67. The van der Waals surface area contributed by atoms with Crippen LogP contribution in [0.25, 0.3) is 0 Å². The van der Waals surface area contributed by atoms with Crippen LogP contribution in [-0.4, -0.2) is 62.5 Å². The van der Waals surface area contributed by atoms with Crippen molar-refractivity contribution in [3.8, 4) is 0 Å². The maximum absolute atomic E-state index is 10.6. The van der Waals surface area contributed by atoms with E-state index in [1.807, 2.05) is 4.90 Å². The Morgan fingerprint density at radius 2 is 1.76 bits per heavy atom. The maximum atomic E-state index is 10.6. The molecular formula is C17H27N3O. The molecule has 0 atom stereocenters. The number of piperazine rings is 1. The summed E-state index contributed by atoms with van der Waals surface area (Å²) in [5.74, 6) is 0. The third-order valence-electron chi connectivity index (χ3n) is 4.22. The zero-order valence-corrected chi connectivity index (χ0v) is 13.1. The van der Waals surface area contributed by atoms with Gasteiger partial charge in [0.05, 0.1) is 0 Å². The van der Waals surface area contributed by atoms with Crippen LogP contribution in [0.4, 0.5) is 5.69 Å². The van der Waals surface area contributed by atoms with Crippen molar-refractivity contribution in [1.82, 2.24) is 9.80 Å². The SMILES string of the molecule is CN(CCCCCN1CCN(C=O)CC1)c1ccccc1. The number of unbranched alkanes of at least 4 members (excludes halogenated alkanes) is 2. The van der Waals surface area contributed by atoms with Crippen LogP contribution in [-0.2, 0) is 4.79 Å². The van der Waals surface area contributed by atoms with Crippen molar-refractivity contribution in [2.24, 2.45) is 0 Å². The molecule has 1 aromatic carbocycles. The van der Waals surface area contributed by atoms with Crippen LogP contribution >= 0.6 is 0 Å². The predicted octanol–water partition coefficient (Wildman–Crippen LogP) is 2.07. The monoisotopic (exact) mass is 289 g/mol. The van der Waals surface area contributed by atoms with Crippen molar-refractivity contribution in [2.45, 2.75) is 19.3 Å². The van der Waals surface area contributed by atoms with Gasteiger partial charge >= 0.3 is 0 Å². The van der Waals surface area contributed by atoms with Crippen LogP contribution in [0.15, 0.2) is 30.3 Å². The van der Waals surface area contributed by atoms with Gasteiger partial charge in [0.1, 0.15) is 0 Å². The van der Waals surface area contributed by atoms with Crippen LogP contribution in [0.3, 0.4) is 0 Å². The third-order valence-corrected chi connectivity index (χ3v) is 4.22. The van der Waals surface area contributed by atoms with E-state index in [0.717, 1.165) is 39.1 Å². The molecule has 1 aliphatic heterocycles. The van der Waals surface area contributed by atoms with Gasteiger partial charge in [-0.15, -0.1) is 0 Å². The van der Waals surface area contributed by atoms with E-state index in [1.165, 1.54) is 31.5 Å². The molecule has 4 heteroatoms. The first-order valence-electron chi connectivity index (χ1n) is 7.97. The Balaban J connectivity index is 1.53. The van der Waals surface area contributed by atoms with E-state index in [1.54, 1.807) is 0 Å². The molecule has 1 aromatic rings. The van der Waals surface area contributed by atoms with Gasteiger partial charge in [-0.05, 0) is 31.5 Å². The van der Waals surface area contributed by atoms with E-state index >= 15 is 0 Å². The number of para-hydroxylation sites is 1. The van der Waals surface area contributed by atoms with Crippen LogP contribution in [0.5, 0.6) is 0 Å². The second-order valence-corrected chi connectivity index (χ2v) is 5.80. The molecule has 116 valence electrons. The molecule has 0 saturated carbocycles. The summed E-state index contributed by atoms with van der Waals surface area (Å²) in [6, 6.07) is 10.6. The predicted molar refractivity (Wildman–Crippen MR) is 87.6 cm³/mol. The van der Waals surface area contributed by atoms with Crippen molar-refractivity contribution in [3.05, 3.63) is 30.3 Å². The molecule has 1 saturated heterocycles. The Kier molecular flexibility index (Phi) is 6.54. The fourth-order valence-electron chi connectivity index (χ4n) is 2.77. The van der Waals surface area contributed by atoms with Gasteiger partial charge in [0.2, 0.25) is 6.41 Å². The Hall–Kier alpha value is -1.55. The van der Waals surface area contributed by atoms with E-state index < -0.39 is 0 Å². The largest absolute Gasteiger partial charge is 0.375 e. The Morgan fingerprint density at radius 3 is 2.43 bits per heavy atom. The van der Waals surface area contributed by atoms with Gasteiger partial charge in [0, 0.05) is 45.5 Å². The number of carbonyl (C=O) groups is 1. The smallest absolute Gasteiger partial charge is 0.209 e. The van der Waals surface area contributed by atoms with Gasteiger partial charge < -0.3 is 9.80 Å². The lowest BCUT2D eigenvalue weighted by atomic mass is 10.2. The van der Waals surface area contributed by atoms with Crippen LogP contribution in [0, 0.1) is 0 Å². The summed E-state index contributed by atoms with van der Waals surface area (Å²) >= 11 is 0. The molecule has 0 unspecified atom stereocenters. The Morgan fingerprint density at radius 1 is 1.05 bits per heavy atom. The number of nitrogens with zero attached hydrogens (tertiary/aromatic N) is 3. The van der Waals surface area contributed by atoms with Crippen molar-refractivity contribution in [3.63, 3.8) is 0 Å². The summed E-state index contributed by atoms with van der Waals surface area (Å²) < 4.78 is 0. The molecule has 1 amide bonds. The van der Waals surface area contributed by atoms with E-state index in [4.69, 9.17) is 0 Å². The average molecular weight is 289 g/mol. The first kappa shape index (κ1) is 15.8. The number of rotatable bonds is 8. The lowest BCUT2D eigenvalue weighted by molar-refractivity contribution is -0.119. The lowest BCUT2D eigenvalue weighted by Gasteiger charge is -2.32. The Bertz CT molecular complexity index is 402. The van der Waals surface area contributed by atoms with Crippen LogP contribution in [0.2, 0.25) is 0 Å². The van der Waals surface area contributed by atoms with Crippen molar-refractivity contribution >= 4 is 12.1 Å². The molecule has 1 fully saturated rings. The number of amides is 1. The normalized spacial score (nSPS) is 16.0. The molecule has 0 aliphatic carbocycles. The molecule has 21 heavy (non-hydrogen) atoms.